The van der Waals surface area contributed by atoms with Gasteiger partial charge < -0.3 is 5.11 Å². The van der Waals surface area contributed by atoms with Crippen molar-refractivity contribution in [1.82, 2.24) is 0 Å². The smallest absolute Gasteiger partial charge is 0.303 e. The number of rotatable bonds is 12. The van der Waals surface area contributed by atoms with Crippen molar-refractivity contribution in [1.29, 1.82) is 0 Å². The first-order valence-electron chi connectivity index (χ1n) is 7.49. The molecule has 0 unspecified atom stereocenters. The van der Waals surface area contributed by atoms with Gasteiger partial charge in [-0.05, 0) is 38.0 Å². The SMILES string of the molecule is CC(C)CC/C=C/CCCCCCCCC(=O)O. The van der Waals surface area contributed by atoms with E-state index < -0.39 is 5.97 Å². The van der Waals surface area contributed by atoms with E-state index in [0.29, 0.717) is 6.42 Å². The molecule has 18 heavy (non-hydrogen) atoms. The zero-order valence-corrected chi connectivity index (χ0v) is 12.2. The van der Waals surface area contributed by atoms with Crippen molar-refractivity contribution in [3.63, 3.8) is 0 Å². The topological polar surface area (TPSA) is 37.3 Å². The molecule has 0 radical (unpaired) electrons. The molecule has 0 heterocycles. The molecule has 2 heteroatoms. The average Bonchev–Trinajstić information content (AvgIpc) is 2.29. The Morgan fingerprint density at radius 1 is 0.944 bits per heavy atom. The summed E-state index contributed by atoms with van der Waals surface area (Å²) >= 11 is 0. The van der Waals surface area contributed by atoms with Crippen LogP contribution in [0.3, 0.4) is 0 Å². The molecule has 0 rings (SSSR count). The molecule has 0 atom stereocenters. The molecule has 0 fully saturated rings. The summed E-state index contributed by atoms with van der Waals surface area (Å²) in [5.74, 6) is 0.141. The van der Waals surface area contributed by atoms with Crippen LogP contribution < -0.4 is 0 Å². The van der Waals surface area contributed by atoms with Crippen molar-refractivity contribution < 1.29 is 9.90 Å². The summed E-state index contributed by atoms with van der Waals surface area (Å²) < 4.78 is 0. The van der Waals surface area contributed by atoms with Crippen LogP contribution in [-0.2, 0) is 4.79 Å². The van der Waals surface area contributed by atoms with Crippen LogP contribution in [0.1, 0.15) is 78.1 Å². The number of hydrogen-bond donors (Lipinski definition) is 1. The largest absolute Gasteiger partial charge is 0.481 e. The molecule has 0 aromatic carbocycles. The number of carboxylic acids is 1. The molecule has 0 aromatic heterocycles. The van der Waals surface area contributed by atoms with Crippen molar-refractivity contribution in [2.75, 3.05) is 0 Å². The van der Waals surface area contributed by atoms with Crippen LogP contribution in [0.4, 0.5) is 0 Å². The molecule has 0 aromatic rings. The van der Waals surface area contributed by atoms with Gasteiger partial charge in [0.05, 0.1) is 0 Å². The van der Waals surface area contributed by atoms with Crippen LogP contribution in [0.15, 0.2) is 12.2 Å². The Labute approximate surface area is 112 Å². The third kappa shape index (κ3) is 15.2. The molecule has 0 bridgehead atoms. The lowest BCUT2D eigenvalue weighted by atomic mass is 10.1. The fraction of sp³-hybridized carbons (Fsp3) is 0.812. The van der Waals surface area contributed by atoms with Gasteiger partial charge in [-0.15, -0.1) is 0 Å². The normalized spacial score (nSPS) is 11.5. The molecular weight excluding hydrogens is 224 g/mol. The Morgan fingerprint density at radius 3 is 2.11 bits per heavy atom. The highest BCUT2D eigenvalue weighted by atomic mass is 16.4. The van der Waals surface area contributed by atoms with Gasteiger partial charge in [-0.25, -0.2) is 0 Å². The fourth-order valence-corrected chi connectivity index (χ4v) is 1.91. The highest BCUT2D eigenvalue weighted by Crippen LogP contribution is 2.09. The van der Waals surface area contributed by atoms with E-state index in [1.807, 2.05) is 0 Å². The minimum Gasteiger partial charge on any atom is -0.481 e. The fourth-order valence-electron chi connectivity index (χ4n) is 1.91. The molecular formula is C16H30O2. The van der Waals surface area contributed by atoms with E-state index in [2.05, 4.69) is 26.0 Å². The Hall–Kier alpha value is -0.790. The highest BCUT2D eigenvalue weighted by Gasteiger charge is 1.96. The van der Waals surface area contributed by atoms with E-state index in [-0.39, 0.29) is 0 Å². The van der Waals surface area contributed by atoms with Crippen LogP contribution in [-0.4, -0.2) is 11.1 Å². The van der Waals surface area contributed by atoms with E-state index >= 15 is 0 Å². The second-order valence-corrected chi connectivity index (χ2v) is 5.50. The Balaban J connectivity index is 3.09. The van der Waals surface area contributed by atoms with Crippen LogP contribution in [0.25, 0.3) is 0 Å². The predicted octanol–water partition coefficient (Wildman–Crippen LogP) is 5.18. The second-order valence-electron chi connectivity index (χ2n) is 5.50. The maximum absolute atomic E-state index is 10.3. The van der Waals surface area contributed by atoms with Crippen LogP contribution in [0.5, 0.6) is 0 Å². The summed E-state index contributed by atoms with van der Waals surface area (Å²) in [6, 6.07) is 0. The standard InChI is InChI=1S/C16H30O2/c1-15(2)13-11-9-7-5-3-4-6-8-10-12-14-16(17)18/h7,9,15H,3-6,8,10-14H2,1-2H3,(H,17,18)/b9-7+. The van der Waals surface area contributed by atoms with Crippen LogP contribution in [0.2, 0.25) is 0 Å². The van der Waals surface area contributed by atoms with Gasteiger partial charge in [0.15, 0.2) is 0 Å². The Kier molecular flexibility index (Phi) is 12.1. The zero-order chi connectivity index (χ0) is 13.6. The van der Waals surface area contributed by atoms with Gasteiger partial charge in [0.2, 0.25) is 0 Å². The van der Waals surface area contributed by atoms with E-state index in [9.17, 15) is 4.79 Å². The second kappa shape index (κ2) is 12.7. The van der Waals surface area contributed by atoms with Gasteiger partial charge in [0.25, 0.3) is 0 Å². The first-order valence-corrected chi connectivity index (χ1v) is 7.49. The highest BCUT2D eigenvalue weighted by molar-refractivity contribution is 5.66. The lowest BCUT2D eigenvalue weighted by Gasteiger charge is -2.00. The van der Waals surface area contributed by atoms with Crippen LogP contribution in [0, 0.1) is 5.92 Å². The summed E-state index contributed by atoms with van der Waals surface area (Å²) in [6.07, 6.45) is 15.6. The summed E-state index contributed by atoms with van der Waals surface area (Å²) in [5.41, 5.74) is 0. The van der Waals surface area contributed by atoms with Gasteiger partial charge in [-0.1, -0.05) is 51.7 Å². The maximum Gasteiger partial charge on any atom is 0.303 e. The quantitative estimate of drug-likeness (QED) is 0.384. The van der Waals surface area contributed by atoms with E-state index in [1.54, 1.807) is 0 Å². The summed E-state index contributed by atoms with van der Waals surface area (Å²) in [7, 11) is 0. The van der Waals surface area contributed by atoms with Crippen molar-refractivity contribution in [2.24, 2.45) is 5.92 Å². The molecule has 106 valence electrons. The number of carbonyl (C=O) groups is 1. The molecule has 0 spiro atoms. The Bertz CT molecular complexity index is 219. The predicted molar refractivity (Wildman–Crippen MR) is 77.8 cm³/mol. The molecule has 2 nitrogen and oxygen atoms in total. The molecule has 0 aliphatic rings. The maximum atomic E-state index is 10.3. The van der Waals surface area contributed by atoms with Crippen molar-refractivity contribution in [3.8, 4) is 0 Å². The summed E-state index contributed by atoms with van der Waals surface area (Å²) in [6.45, 7) is 4.52. The molecule has 1 N–H and O–H groups in total. The van der Waals surface area contributed by atoms with Crippen molar-refractivity contribution in [3.05, 3.63) is 12.2 Å². The van der Waals surface area contributed by atoms with Gasteiger partial charge in [-0.3, -0.25) is 4.79 Å². The molecule has 0 amide bonds. The average molecular weight is 254 g/mol. The van der Waals surface area contributed by atoms with Gasteiger partial charge in [-0.2, -0.15) is 0 Å². The number of aliphatic carboxylic acids is 1. The van der Waals surface area contributed by atoms with E-state index in [4.69, 9.17) is 5.11 Å². The van der Waals surface area contributed by atoms with Gasteiger partial charge in [0.1, 0.15) is 0 Å². The number of unbranched alkanes of at least 4 members (excludes halogenated alkanes) is 6. The third-order valence-electron chi connectivity index (χ3n) is 3.09. The summed E-state index contributed by atoms with van der Waals surface area (Å²) in [5, 5.41) is 8.48. The number of allylic oxidation sites excluding steroid dienone is 2. The third-order valence-corrected chi connectivity index (χ3v) is 3.09. The van der Waals surface area contributed by atoms with Crippen molar-refractivity contribution >= 4 is 5.97 Å². The van der Waals surface area contributed by atoms with Gasteiger partial charge >= 0.3 is 5.97 Å². The van der Waals surface area contributed by atoms with E-state index in [0.717, 1.165) is 18.8 Å². The molecule has 0 aliphatic heterocycles. The lowest BCUT2D eigenvalue weighted by molar-refractivity contribution is -0.137. The minimum absolute atomic E-state index is 0.332. The summed E-state index contributed by atoms with van der Waals surface area (Å²) in [4.78, 5) is 10.3. The lowest BCUT2D eigenvalue weighted by Crippen LogP contribution is -1.93. The van der Waals surface area contributed by atoms with Crippen molar-refractivity contribution in [2.45, 2.75) is 78.1 Å². The minimum atomic E-state index is -0.665. The molecule has 0 aliphatic carbocycles. The van der Waals surface area contributed by atoms with Crippen LogP contribution >= 0.6 is 0 Å². The monoisotopic (exact) mass is 254 g/mol. The number of carboxylic acid groups (broad SMARTS) is 1. The molecule has 0 saturated heterocycles. The Morgan fingerprint density at radius 2 is 1.50 bits per heavy atom. The zero-order valence-electron chi connectivity index (χ0n) is 12.2. The van der Waals surface area contributed by atoms with E-state index in [1.165, 1.54) is 44.9 Å². The first kappa shape index (κ1) is 17.2. The van der Waals surface area contributed by atoms with Gasteiger partial charge in [0, 0.05) is 6.42 Å². The molecule has 0 saturated carbocycles. The first-order chi connectivity index (χ1) is 8.63. The number of hydrogen-bond acceptors (Lipinski definition) is 1.